The van der Waals surface area contributed by atoms with Gasteiger partial charge in [-0.2, -0.15) is 13.2 Å². The lowest BCUT2D eigenvalue weighted by Crippen LogP contribution is -2.45. The Morgan fingerprint density at radius 3 is 2.40 bits per heavy atom. The van der Waals surface area contributed by atoms with E-state index in [1.165, 1.54) is 23.1 Å². The number of nitrogens with zero attached hydrogens (tertiary/aromatic N) is 3. The van der Waals surface area contributed by atoms with E-state index in [-0.39, 0.29) is 47.4 Å². The van der Waals surface area contributed by atoms with Gasteiger partial charge in [0.05, 0.1) is 28.7 Å². The largest absolute Gasteiger partial charge is 0.474 e. The molecule has 1 N–H and O–H groups in total. The number of pyridine rings is 1. The van der Waals surface area contributed by atoms with E-state index in [0.29, 0.717) is 42.7 Å². The number of ether oxygens (including phenoxy) is 1. The Morgan fingerprint density at radius 2 is 1.77 bits per heavy atom. The number of H-pyrrole nitrogens is 1. The first-order chi connectivity index (χ1) is 20.3. The number of aromatic nitrogens is 3. The molecule has 0 bridgehead atoms. The summed E-state index contributed by atoms with van der Waals surface area (Å²) in [6, 6.07) is 11.0. The number of carbonyl (C=O) groups is 1. The zero-order valence-corrected chi connectivity index (χ0v) is 23.1. The van der Waals surface area contributed by atoms with E-state index in [1.807, 2.05) is 6.92 Å². The van der Waals surface area contributed by atoms with Crippen LogP contribution >= 0.6 is 0 Å². The van der Waals surface area contributed by atoms with E-state index in [9.17, 15) is 26.7 Å². The fourth-order valence-corrected chi connectivity index (χ4v) is 5.84. The summed E-state index contributed by atoms with van der Waals surface area (Å²) in [6.07, 6.45) is -1.20. The zero-order chi connectivity index (χ0) is 30.6. The highest BCUT2D eigenvalue weighted by Gasteiger charge is 2.46. The third-order valence-corrected chi connectivity index (χ3v) is 8.40. The molecule has 1 saturated carbocycles. The van der Waals surface area contributed by atoms with Crippen LogP contribution in [0.4, 0.5) is 26.3 Å². The van der Waals surface area contributed by atoms with E-state index in [4.69, 9.17) is 4.74 Å². The van der Waals surface area contributed by atoms with Crippen molar-refractivity contribution in [3.8, 4) is 28.4 Å². The lowest BCUT2D eigenvalue weighted by Gasteiger charge is -2.38. The fourth-order valence-electron chi connectivity index (χ4n) is 5.84. The Balaban J connectivity index is 1.09. The van der Waals surface area contributed by atoms with Gasteiger partial charge in [-0.05, 0) is 67.6 Å². The van der Waals surface area contributed by atoms with Crippen LogP contribution in [0.3, 0.4) is 0 Å². The maximum Gasteiger partial charge on any atom is 0.416 e. The molecule has 2 aromatic carbocycles. The predicted molar refractivity (Wildman–Crippen MR) is 147 cm³/mol. The maximum atomic E-state index is 15.1. The van der Waals surface area contributed by atoms with Crippen LogP contribution in [0, 0.1) is 11.2 Å². The van der Waals surface area contributed by atoms with Gasteiger partial charge in [-0.1, -0.05) is 13.0 Å². The summed E-state index contributed by atoms with van der Waals surface area (Å²) in [6.45, 7) is 1.39. The van der Waals surface area contributed by atoms with Gasteiger partial charge in [-0.25, -0.2) is 23.1 Å². The first-order valence-corrected chi connectivity index (χ1v) is 14.0. The van der Waals surface area contributed by atoms with Crippen molar-refractivity contribution in [1.82, 2.24) is 19.9 Å². The van der Waals surface area contributed by atoms with Crippen molar-refractivity contribution in [1.29, 1.82) is 0 Å². The molecule has 226 valence electrons. The maximum absolute atomic E-state index is 15.1. The highest BCUT2D eigenvalue weighted by Crippen LogP contribution is 2.41. The number of hydrogen-bond donors (Lipinski definition) is 1. The molecule has 6 rings (SSSR count). The summed E-state index contributed by atoms with van der Waals surface area (Å²) in [5.74, 6) is -3.16. The number of halogens is 6. The van der Waals surface area contributed by atoms with Crippen molar-refractivity contribution in [2.24, 2.45) is 5.41 Å². The highest BCUT2D eigenvalue weighted by molar-refractivity contribution is 5.83. The summed E-state index contributed by atoms with van der Waals surface area (Å²) in [7, 11) is 0. The van der Waals surface area contributed by atoms with Crippen molar-refractivity contribution in [2.45, 2.75) is 57.2 Å². The van der Waals surface area contributed by atoms with Crippen molar-refractivity contribution < 1.29 is 35.9 Å². The standard InChI is InChI=1S/C31H28F6N4O2/c1-29(28(42)41-13-12-30(33,34)17-41)10-8-21(9-11-29)43-26-7-3-19(16-38-26)18-2-5-22(23(32)14-18)27-39-24-6-4-20(31(35,36)37)15-25(24)40-27/h2-7,14-16,21H,8-13,17H2,1H3,(H,39,40). The van der Waals surface area contributed by atoms with Crippen LogP contribution in [0.15, 0.2) is 54.7 Å². The van der Waals surface area contributed by atoms with Crippen LogP contribution in [-0.4, -0.2) is 50.9 Å². The lowest BCUT2D eigenvalue weighted by atomic mass is 9.73. The molecule has 0 radical (unpaired) electrons. The topological polar surface area (TPSA) is 71.1 Å². The summed E-state index contributed by atoms with van der Waals surface area (Å²) < 4.78 is 87.5. The average Bonchev–Trinajstić information content (AvgIpc) is 3.56. The highest BCUT2D eigenvalue weighted by atomic mass is 19.4. The SMILES string of the molecule is CC1(C(=O)N2CCC(F)(F)C2)CCC(Oc2ccc(-c3ccc(-c4nc5ccc(C(F)(F)F)cc5[nH]4)c(F)c3)cn2)CC1. The van der Waals surface area contributed by atoms with Crippen molar-refractivity contribution in [3.63, 3.8) is 0 Å². The molecule has 2 fully saturated rings. The molecule has 2 aromatic heterocycles. The molecule has 0 spiro atoms. The summed E-state index contributed by atoms with van der Waals surface area (Å²) >= 11 is 0. The molecule has 4 aromatic rings. The van der Waals surface area contributed by atoms with Gasteiger partial charge in [0, 0.05) is 36.2 Å². The molecule has 2 aliphatic rings. The smallest absolute Gasteiger partial charge is 0.416 e. The molecule has 0 unspecified atom stereocenters. The Kier molecular flexibility index (Phi) is 7.13. The number of rotatable bonds is 5. The number of fused-ring (bicyclic) bond motifs is 1. The molecule has 12 heteroatoms. The molecule has 3 heterocycles. The second-order valence-corrected chi connectivity index (χ2v) is 11.6. The van der Waals surface area contributed by atoms with Gasteiger partial charge in [0.2, 0.25) is 11.8 Å². The quantitative estimate of drug-likeness (QED) is 0.238. The number of nitrogens with one attached hydrogen (secondary N) is 1. The van der Waals surface area contributed by atoms with E-state index in [1.54, 1.807) is 24.4 Å². The molecular weight excluding hydrogens is 574 g/mol. The normalized spacial score (nSPS) is 22.2. The van der Waals surface area contributed by atoms with Crippen molar-refractivity contribution in [2.75, 3.05) is 13.1 Å². The third kappa shape index (κ3) is 5.92. The number of aromatic amines is 1. The number of benzene rings is 2. The molecule has 1 aliphatic carbocycles. The van der Waals surface area contributed by atoms with Gasteiger partial charge < -0.3 is 14.6 Å². The van der Waals surface area contributed by atoms with Gasteiger partial charge in [-0.15, -0.1) is 0 Å². The minimum atomic E-state index is -4.50. The first-order valence-electron chi connectivity index (χ1n) is 14.0. The van der Waals surface area contributed by atoms with Crippen LogP contribution in [0.25, 0.3) is 33.5 Å². The molecule has 1 amide bonds. The molecule has 6 nitrogen and oxygen atoms in total. The van der Waals surface area contributed by atoms with E-state index in [0.717, 1.165) is 12.1 Å². The minimum absolute atomic E-state index is 0.0796. The zero-order valence-electron chi connectivity index (χ0n) is 23.1. The van der Waals surface area contributed by atoms with Gasteiger partial charge >= 0.3 is 6.18 Å². The van der Waals surface area contributed by atoms with E-state index >= 15 is 4.39 Å². The fraction of sp³-hybridized carbons (Fsp3) is 0.387. The minimum Gasteiger partial charge on any atom is -0.474 e. The molecule has 1 saturated heterocycles. The summed E-state index contributed by atoms with van der Waals surface area (Å²) in [4.78, 5) is 25.6. The van der Waals surface area contributed by atoms with Crippen LogP contribution in [0.5, 0.6) is 5.88 Å². The number of carbonyl (C=O) groups excluding carboxylic acids is 1. The Morgan fingerprint density at radius 1 is 1.02 bits per heavy atom. The average molecular weight is 603 g/mol. The monoisotopic (exact) mass is 602 g/mol. The van der Waals surface area contributed by atoms with Crippen molar-refractivity contribution in [3.05, 3.63) is 66.1 Å². The lowest BCUT2D eigenvalue weighted by molar-refractivity contribution is -0.144. The number of amides is 1. The van der Waals surface area contributed by atoms with E-state index in [2.05, 4.69) is 15.0 Å². The van der Waals surface area contributed by atoms with Gasteiger partial charge in [0.25, 0.3) is 5.92 Å². The van der Waals surface area contributed by atoms with E-state index < -0.39 is 35.4 Å². The molecular formula is C31H28F6N4O2. The van der Waals surface area contributed by atoms with Gasteiger partial charge in [-0.3, -0.25) is 4.79 Å². The Labute approximate surface area is 243 Å². The van der Waals surface area contributed by atoms with Crippen LogP contribution < -0.4 is 4.74 Å². The Bertz CT molecular complexity index is 1660. The second-order valence-electron chi connectivity index (χ2n) is 11.6. The first kappa shape index (κ1) is 29.0. The predicted octanol–water partition coefficient (Wildman–Crippen LogP) is 7.65. The molecule has 1 aliphatic heterocycles. The number of alkyl halides is 5. The summed E-state index contributed by atoms with van der Waals surface area (Å²) in [5.41, 5.74) is 0.201. The third-order valence-electron chi connectivity index (χ3n) is 8.40. The Hall–Kier alpha value is -4.09. The van der Waals surface area contributed by atoms with Crippen LogP contribution in [0.1, 0.15) is 44.6 Å². The number of imidazole rings is 1. The van der Waals surface area contributed by atoms with Crippen LogP contribution in [0.2, 0.25) is 0 Å². The second kappa shape index (κ2) is 10.6. The number of hydrogen-bond acceptors (Lipinski definition) is 4. The molecule has 43 heavy (non-hydrogen) atoms. The van der Waals surface area contributed by atoms with Crippen LogP contribution in [-0.2, 0) is 11.0 Å². The summed E-state index contributed by atoms with van der Waals surface area (Å²) in [5, 5.41) is 0. The number of likely N-dealkylation sites (tertiary alicyclic amines) is 1. The van der Waals surface area contributed by atoms with Crippen molar-refractivity contribution >= 4 is 16.9 Å². The van der Waals surface area contributed by atoms with Gasteiger partial charge in [0.15, 0.2) is 0 Å². The van der Waals surface area contributed by atoms with Gasteiger partial charge in [0.1, 0.15) is 17.7 Å². The molecule has 0 atom stereocenters.